The summed E-state index contributed by atoms with van der Waals surface area (Å²) in [5, 5.41) is 2.29. The van der Waals surface area contributed by atoms with Crippen LogP contribution in [0.4, 0.5) is 0 Å². The Bertz CT molecular complexity index is 552. The molecular formula is C11H8BrCl2N. The minimum atomic E-state index is 0.643. The third-order valence-electron chi connectivity index (χ3n) is 2.29. The number of pyridine rings is 1. The third kappa shape index (κ3) is 1.86. The number of hydrogen-bond acceptors (Lipinski definition) is 1. The van der Waals surface area contributed by atoms with Gasteiger partial charge in [0.15, 0.2) is 0 Å². The van der Waals surface area contributed by atoms with Crippen molar-refractivity contribution in [1.29, 1.82) is 0 Å². The highest BCUT2D eigenvalue weighted by molar-refractivity contribution is 9.10. The van der Waals surface area contributed by atoms with E-state index in [9.17, 15) is 0 Å². The van der Waals surface area contributed by atoms with Crippen LogP contribution in [0, 0.1) is 13.8 Å². The third-order valence-corrected chi connectivity index (χ3v) is 4.02. The lowest BCUT2D eigenvalue weighted by Crippen LogP contribution is -1.90. The molecule has 0 radical (unpaired) electrons. The van der Waals surface area contributed by atoms with Crippen molar-refractivity contribution in [3.8, 4) is 0 Å². The average Bonchev–Trinajstić information content (AvgIpc) is 2.17. The zero-order valence-electron chi connectivity index (χ0n) is 8.24. The topological polar surface area (TPSA) is 12.9 Å². The number of benzene rings is 1. The Morgan fingerprint density at radius 3 is 2.53 bits per heavy atom. The second kappa shape index (κ2) is 3.93. The van der Waals surface area contributed by atoms with Crippen LogP contribution in [0.3, 0.4) is 0 Å². The summed E-state index contributed by atoms with van der Waals surface area (Å²) in [7, 11) is 0. The first-order chi connectivity index (χ1) is 7.00. The van der Waals surface area contributed by atoms with E-state index in [1.807, 2.05) is 26.0 Å². The molecule has 1 heterocycles. The first-order valence-corrected chi connectivity index (χ1v) is 5.97. The number of aromatic nitrogens is 1. The SMILES string of the molecule is Cc1nc2c(C)cc(Cl)cc2c(Br)c1Cl. The van der Waals surface area contributed by atoms with E-state index in [0.29, 0.717) is 10.0 Å². The molecular weight excluding hydrogens is 297 g/mol. The standard InChI is InChI=1S/C11H8BrCl2N/c1-5-3-7(13)4-8-9(12)10(14)6(2)15-11(5)8/h3-4H,1-2H3. The van der Waals surface area contributed by atoms with Crippen LogP contribution in [0.2, 0.25) is 10.0 Å². The van der Waals surface area contributed by atoms with Crippen molar-refractivity contribution in [3.63, 3.8) is 0 Å². The van der Waals surface area contributed by atoms with E-state index < -0.39 is 0 Å². The monoisotopic (exact) mass is 303 g/mol. The van der Waals surface area contributed by atoms with Crippen molar-refractivity contribution in [2.75, 3.05) is 0 Å². The van der Waals surface area contributed by atoms with Crippen molar-refractivity contribution in [1.82, 2.24) is 4.98 Å². The molecule has 0 amide bonds. The Kier molecular flexibility index (Phi) is 2.93. The number of halogens is 3. The molecule has 78 valence electrons. The number of hydrogen-bond donors (Lipinski definition) is 0. The summed E-state index contributed by atoms with van der Waals surface area (Å²) in [6.07, 6.45) is 0. The summed E-state index contributed by atoms with van der Waals surface area (Å²) in [6, 6.07) is 3.77. The van der Waals surface area contributed by atoms with Crippen molar-refractivity contribution in [3.05, 3.63) is 37.9 Å². The Hall–Kier alpha value is -0.310. The molecule has 4 heteroatoms. The normalized spacial score (nSPS) is 11.0. The molecule has 0 saturated carbocycles. The zero-order valence-corrected chi connectivity index (χ0v) is 11.3. The van der Waals surface area contributed by atoms with Crippen LogP contribution in [0.25, 0.3) is 10.9 Å². The zero-order chi connectivity index (χ0) is 11.2. The molecule has 0 aliphatic carbocycles. The maximum Gasteiger partial charge on any atom is 0.0767 e. The second-order valence-electron chi connectivity index (χ2n) is 3.44. The van der Waals surface area contributed by atoms with Crippen molar-refractivity contribution >= 4 is 50.0 Å². The number of aryl methyl sites for hydroxylation is 2. The van der Waals surface area contributed by atoms with Gasteiger partial charge in [-0.05, 0) is 47.5 Å². The van der Waals surface area contributed by atoms with E-state index in [0.717, 1.165) is 26.6 Å². The van der Waals surface area contributed by atoms with Gasteiger partial charge in [-0.15, -0.1) is 0 Å². The number of rotatable bonds is 0. The smallest absolute Gasteiger partial charge is 0.0767 e. The van der Waals surface area contributed by atoms with E-state index in [4.69, 9.17) is 23.2 Å². The highest BCUT2D eigenvalue weighted by Gasteiger charge is 2.10. The predicted octanol–water partition coefficient (Wildman–Crippen LogP) is 4.92. The summed E-state index contributed by atoms with van der Waals surface area (Å²) in [6.45, 7) is 3.88. The second-order valence-corrected chi connectivity index (χ2v) is 5.05. The fourth-order valence-electron chi connectivity index (χ4n) is 1.55. The van der Waals surface area contributed by atoms with E-state index in [2.05, 4.69) is 20.9 Å². The van der Waals surface area contributed by atoms with E-state index in [1.54, 1.807) is 0 Å². The van der Waals surface area contributed by atoms with Crippen LogP contribution < -0.4 is 0 Å². The van der Waals surface area contributed by atoms with E-state index in [-0.39, 0.29) is 0 Å². The van der Waals surface area contributed by atoms with Gasteiger partial charge in [0.05, 0.1) is 16.2 Å². The minimum absolute atomic E-state index is 0.643. The first kappa shape index (κ1) is 11.2. The highest BCUT2D eigenvalue weighted by atomic mass is 79.9. The Morgan fingerprint density at radius 2 is 1.87 bits per heavy atom. The highest BCUT2D eigenvalue weighted by Crippen LogP contribution is 2.34. The molecule has 0 fully saturated rings. The molecule has 1 nitrogen and oxygen atoms in total. The summed E-state index contributed by atoms with van der Waals surface area (Å²) in [5.74, 6) is 0. The van der Waals surface area contributed by atoms with Crippen LogP contribution in [0.5, 0.6) is 0 Å². The largest absolute Gasteiger partial charge is 0.251 e. The molecule has 2 rings (SSSR count). The lowest BCUT2D eigenvalue weighted by molar-refractivity contribution is 1.23. The molecule has 0 aliphatic rings. The summed E-state index contributed by atoms with van der Waals surface area (Å²) in [4.78, 5) is 4.46. The van der Waals surface area contributed by atoms with Gasteiger partial charge in [0.1, 0.15) is 0 Å². The molecule has 2 aromatic rings. The summed E-state index contributed by atoms with van der Waals surface area (Å²) in [5.41, 5.74) is 2.81. The molecule has 15 heavy (non-hydrogen) atoms. The van der Waals surface area contributed by atoms with Gasteiger partial charge < -0.3 is 0 Å². The van der Waals surface area contributed by atoms with Gasteiger partial charge in [0, 0.05) is 14.9 Å². The fraction of sp³-hybridized carbons (Fsp3) is 0.182. The van der Waals surface area contributed by atoms with E-state index >= 15 is 0 Å². The molecule has 1 aromatic carbocycles. The molecule has 0 bridgehead atoms. The van der Waals surface area contributed by atoms with Crippen LogP contribution in [0.15, 0.2) is 16.6 Å². The van der Waals surface area contributed by atoms with Gasteiger partial charge >= 0.3 is 0 Å². The minimum Gasteiger partial charge on any atom is -0.251 e. The lowest BCUT2D eigenvalue weighted by Gasteiger charge is -2.08. The van der Waals surface area contributed by atoms with Crippen molar-refractivity contribution in [2.45, 2.75) is 13.8 Å². The lowest BCUT2D eigenvalue weighted by atomic mass is 10.1. The Labute approximate surface area is 107 Å². The summed E-state index contributed by atoms with van der Waals surface area (Å²) >= 11 is 15.6. The summed E-state index contributed by atoms with van der Waals surface area (Å²) < 4.78 is 0.859. The van der Waals surface area contributed by atoms with Crippen molar-refractivity contribution < 1.29 is 0 Å². The molecule has 0 saturated heterocycles. The van der Waals surface area contributed by atoms with Crippen molar-refractivity contribution in [2.24, 2.45) is 0 Å². The molecule has 0 N–H and O–H groups in total. The average molecular weight is 305 g/mol. The maximum absolute atomic E-state index is 6.11. The first-order valence-electron chi connectivity index (χ1n) is 4.42. The number of fused-ring (bicyclic) bond motifs is 1. The Morgan fingerprint density at radius 1 is 1.20 bits per heavy atom. The Balaban J connectivity index is 2.98. The van der Waals surface area contributed by atoms with Crippen LogP contribution in [0.1, 0.15) is 11.3 Å². The molecule has 0 spiro atoms. The van der Waals surface area contributed by atoms with Crippen LogP contribution in [-0.2, 0) is 0 Å². The van der Waals surface area contributed by atoms with Gasteiger partial charge in [-0.3, -0.25) is 4.98 Å². The van der Waals surface area contributed by atoms with Gasteiger partial charge in [-0.1, -0.05) is 23.2 Å². The van der Waals surface area contributed by atoms with Crippen LogP contribution in [-0.4, -0.2) is 4.98 Å². The number of nitrogens with zero attached hydrogens (tertiary/aromatic N) is 1. The molecule has 1 aromatic heterocycles. The predicted molar refractivity (Wildman–Crippen MR) is 68.9 cm³/mol. The van der Waals surface area contributed by atoms with Crippen LogP contribution >= 0.6 is 39.1 Å². The van der Waals surface area contributed by atoms with Gasteiger partial charge in [-0.25, -0.2) is 0 Å². The van der Waals surface area contributed by atoms with Gasteiger partial charge in [-0.2, -0.15) is 0 Å². The maximum atomic E-state index is 6.11. The van der Waals surface area contributed by atoms with E-state index in [1.165, 1.54) is 0 Å². The van der Waals surface area contributed by atoms with Gasteiger partial charge in [0.25, 0.3) is 0 Å². The van der Waals surface area contributed by atoms with Gasteiger partial charge in [0.2, 0.25) is 0 Å². The quantitative estimate of drug-likeness (QED) is 0.673. The molecule has 0 aliphatic heterocycles. The molecule has 0 atom stereocenters. The fourth-order valence-corrected chi connectivity index (χ4v) is 2.55. The molecule has 0 unspecified atom stereocenters.